The van der Waals surface area contributed by atoms with E-state index in [2.05, 4.69) is 20.2 Å². The van der Waals surface area contributed by atoms with Crippen LogP contribution in [0.15, 0.2) is 12.7 Å². The van der Waals surface area contributed by atoms with E-state index >= 15 is 0 Å². The molecule has 13 nitrogen and oxygen atoms in total. The van der Waals surface area contributed by atoms with Crippen LogP contribution in [0, 0.1) is 5.92 Å². The second kappa shape index (κ2) is 12.4. The molecular weight excluding hydrogens is 479 g/mol. The van der Waals surface area contributed by atoms with Gasteiger partial charge in [-0.3, -0.25) is 9.36 Å². The molecule has 3 N–H and O–H groups in total. The monoisotopic (exact) mass is 512 g/mol. The Labute approximate surface area is 203 Å². The Morgan fingerprint density at radius 2 is 1.94 bits per heavy atom. The maximum atomic E-state index is 13.4. The predicted molar refractivity (Wildman–Crippen MR) is 126 cm³/mol. The van der Waals surface area contributed by atoms with Gasteiger partial charge in [-0.05, 0) is 33.6 Å². The Kier molecular flexibility index (Phi) is 9.55. The zero-order valence-corrected chi connectivity index (χ0v) is 21.1. The molecule has 3 rings (SSSR count). The van der Waals surface area contributed by atoms with Crippen molar-refractivity contribution in [2.24, 2.45) is 5.92 Å². The first-order chi connectivity index (χ1) is 16.7. The van der Waals surface area contributed by atoms with Crippen molar-refractivity contribution in [3.8, 4) is 0 Å². The summed E-state index contributed by atoms with van der Waals surface area (Å²) in [5, 5.41) is 2.25. The van der Waals surface area contributed by atoms with Crippen molar-refractivity contribution in [2.45, 2.75) is 71.6 Å². The van der Waals surface area contributed by atoms with E-state index in [1.54, 1.807) is 31.7 Å². The Bertz CT molecular complexity index is 1060. The molecule has 0 radical (unpaired) electrons. The van der Waals surface area contributed by atoms with Crippen LogP contribution < -0.4 is 11.0 Å². The summed E-state index contributed by atoms with van der Waals surface area (Å²) in [4.78, 5) is 41.7. The van der Waals surface area contributed by atoms with Crippen molar-refractivity contribution >= 4 is 36.4 Å². The van der Waals surface area contributed by atoms with Gasteiger partial charge in [-0.1, -0.05) is 24.5 Å². The molecule has 2 atom stereocenters. The molecule has 0 amide bonds. The number of fused-ring (bicyclic) bond motifs is 1. The number of nitrogens with one attached hydrogen (secondary N) is 1. The molecule has 0 spiro atoms. The molecule has 14 heteroatoms. The zero-order chi connectivity index (χ0) is 25.4. The number of ether oxygens (including phenoxy) is 2. The molecule has 1 aliphatic carbocycles. The first-order valence-corrected chi connectivity index (χ1v) is 13.4. The third-order valence-electron chi connectivity index (χ3n) is 5.39. The molecule has 194 valence electrons. The van der Waals surface area contributed by atoms with Crippen molar-refractivity contribution in [2.75, 3.05) is 18.7 Å². The largest absolute Gasteiger partial charge is 0.461 e. The Morgan fingerprint density at radius 3 is 2.66 bits per heavy atom. The van der Waals surface area contributed by atoms with Gasteiger partial charge in [0.15, 0.2) is 18.1 Å². The van der Waals surface area contributed by atoms with E-state index in [1.807, 2.05) is 0 Å². The fourth-order valence-electron chi connectivity index (χ4n) is 3.67. The lowest BCUT2D eigenvalue weighted by Crippen LogP contribution is -2.29. The van der Waals surface area contributed by atoms with E-state index < -0.39 is 38.5 Å². The van der Waals surface area contributed by atoms with Crippen molar-refractivity contribution in [1.82, 2.24) is 24.8 Å². The third kappa shape index (κ3) is 7.96. The van der Waals surface area contributed by atoms with E-state index in [1.165, 1.54) is 6.33 Å². The third-order valence-corrected chi connectivity index (χ3v) is 6.80. The fraction of sp³-hybridized carbons (Fsp3) is 0.667. The number of nitrogens with two attached hydrogens (primary N) is 1. The summed E-state index contributed by atoms with van der Waals surface area (Å²) in [5.74, 6) is -1.21. The highest BCUT2D eigenvalue weighted by Gasteiger charge is 2.31. The molecule has 1 aliphatic rings. The molecule has 0 aliphatic heterocycles. The molecule has 1 saturated carbocycles. The first kappa shape index (κ1) is 27.0. The van der Waals surface area contributed by atoms with Crippen LogP contribution in [0.3, 0.4) is 0 Å². The van der Waals surface area contributed by atoms with Gasteiger partial charge in [-0.25, -0.2) is 19.7 Å². The molecule has 1 fully saturated rings. The lowest BCUT2D eigenvalue weighted by molar-refractivity contribution is -0.154. The average Bonchev–Trinajstić information content (AvgIpc) is 3.24. The van der Waals surface area contributed by atoms with Gasteiger partial charge < -0.3 is 29.1 Å². The van der Waals surface area contributed by atoms with Gasteiger partial charge in [0.1, 0.15) is 18.2 Å². The molecule has 0 aromatic carbocycles. The van der Waals surface area contributed by atoms with Crippen LogP contribution in [0.25, 0.3) is 11.2 Å². The van der Waals surface area contributed by atoms with Gasteiger partial charge in [0.2, 0.25) is 0 Å². The van der Waals surface area contributed by atoms with Crippen LogP contribution in [-0.4, -0.2) is 56.6 Å². The van der Waals surface area contributed by atoms with Gasteiger partial charge in [-0.15, -0.1) is 0 Å². The summed E-state index contributed by atoms with van der Waals surface area (Å²) in [5.41, 5.74) is 6.81. The van der Waals surface area contributed by atoms with Crippen molar-refractivity contribution in [3.63, 3.8) is 0 Å². The second-order valence-corrected chi connectivity index (χ2v) is 10.8. The Hall–Kier alpha value is -2.60. The number of imidazole rings is 1. The van der Waals surface area contributed by atoms with E-state index in [0.717, 1.165) is 19.3 Å². The number of nitrogen functional groups attached to an aromatic ring is 1. The lowest BCUT2D eigenvalue weighted by atomic mass is 9.89. The number of nitrogens with zero attached hydrogens (tertiary/aromatic N) is 4. The summed E-state index contributed by atoms with van der Waals surface area (Å²) < 4.78 is 31.1. The van der Waals surface area contributed by atoms with Crippen LogP contribution in [0.4, 0.5) is 5.82 Å². The summed E-state index contributed by atoms with van der Waals surface area (Å²) >= 11 is 0. The molecule has 1 unspecified atom stereocenters. The summed E-state index contributed by atoms with van der Waals surface area (Å²) in [6.45, 7) is 4.84. The number of carbonyl (C=O) groups is 2. The SMILES string of the molecule is CC(C)OC(=O)COP(=O)(CO[C@H](C)Cn1cnc2c(N)ncnc21)NOC(=O)C1CCCCC1. The highest BCUT2D eigenvalue weighted by Crippen LogP contribution is 2.43. The first-order valence-electron chi connectivity index (χ1n) is 11.6. The normalized spacial score (nSPS) is 17.3. The molecule has 2 heterocycles. The van der Waals surface area contributed by atoms with Crippen LogP contribution in [0.2, 0.25) is 0 Å². The number of hydrogen-bond donors (Lipinski definition) is 2. The Morgan fingerprint density at radius 1 is 1.20 bits per heavy atom. The van der Waals surface area contributed by atoms with E-state index in [-0.39, 0.29) is 17.8 Å². The second-order valence-electron chi connectivity index (χ2n) is 8.77. The van der Waals surface area contributed by atoms with Crippen molar-refractivity contribution < 1.29 is 33.0 Å². The van der Waals surface area contributed by atoms with Gasteiger partial charge >= 0.3 is 19.5 Å². The van der Waals surface area contributed by atoms with Crippen LogP contribution >= 0.6 is 7.52 Å². The average molecular weight is 513 g/mol. The molecule has 2 aromatic rings. The highest BCUT2D eigenvalue weighted by molar-refractivity contribution is 7.56. The summed E-state index contributed by atoms with van der Waals surface area (Å²) in [6, 6.07) is 0. The van der Waals surface area contributed by atoms with Gasteiger partial charge in [0.25, 0.3) is 0 Å². The van der Waals surface area contributed by atoms with Gasteiger partial charge in [0.05, 0.1) is 31.0 Å². The molecule has 2 aromatic heterocycles. The molecule has 0 saturated heterocycles. The number of esters is 1. The molecular formula is C21H33N6O7P. The number of carbonyl (C=O) groups excluding carboxylic acids is 2. The maximum Gasteiger partial charge on any atom is 0.332 e. The van der Waals surface area contributed by atoms with Crippen LogP contribution in [-0.2, 0) is 39.5 Å². The van der Waals surface area contributed by atoms with E-state index in [4.69, 9.17) is 24.6 Å². The summed E-state index contributed by atoms with van der Waals surface area (Å²) in [7, 11) is -3.91. The Balaban J connectivity index is 1.60. The minimum Gasteiger partial charge on any atom is -0.461 e. The highest BCUT2D eigenvalue weighted by atomic mass is 31.2. The molecule has 0 bridgehead atoms. The van der Waals surface area contributed by atoms with E-state index in [9.17, 15) is 14.2 Å². The van der Waals surface area contributed by atoms with Crippen LogP contribution in [0.5, 0.6) is 0 Å². The van der Waals surface area contributed by atoms with Crippen molar-refractivity contribution in [3.05, 3.63) is 12.7 Å². The van der Waals surface area contributed by atoms with Crippen LogP contribution in [0.1, 0.15) is 52.9 Å². The standard InChI is InChI=1S/C21H33N6O7P/c1-14(2)33-17(28)10-32-35(30,26-34-21(29)16-7-5-4-6-8-16)13-31-15(3)9-27-12-25-18-19(22)23-11-24-20(18)27/h11-12,14-16H,4-10,13H2,1-3H3,(H,26,30)(H2,22,23,24)/t15-,35?/m1/s1. The number of rotatable bonds is 12. The summed E-state index contributed by atoms with van der Waals surface area (Å²) in [6.07, 6.45) is 5.99. The topological polar surface area (TPSA) is 170 Å². The number of anilines is 1. The van der Waals surface area contributed by atoms with Crippen molar-refractivity contribution in [1.29, 1.82) is 0 Å². The minimum absolute atomic E-state index is 0.262. The lowest BCUT2D eigenvalue weighted by Gasteiger charge is -2.24. The maximum absolute atomic E-state index is 13.4. The smallest absolute Gasteiger partial charge is 0.332 e. The zero-order valence-electron chi connectivity index (χ0n) is 20.2. The van der Waals surface area contributed by atoms with E-state index in [0.29, 0.717) is 30.6 Å². The molecule has 35 heavy (non-hydrogen) atoms. The quantitative estimate of drug-likeness (QED) is 0.242. The fourth-order valence-corrected chi connectivity index (χ4v) is 4.84. The number of aromatic nitrogens is 4. The van der Waals surface area contributed by atoms with Gasteiger partial charge in [0, 0.05) is 0 Å². The van der Waals surface area contributed by atoms with Gasteiger partial charge in [-0.2, -0.15) is 0 Å². The minimum atomic E-state index is -3.91. The number of hydrogen-bond acceptors (Lipinski definition) is 11. The predicted octanol–water partition coefficient (Wildman–Crippen LogP) is 2.56.